The molecular weight excluding hydrogens is 152 g/mol. The number of guanidine groups is 1. The molecule has 12 heavy (non-hydrogen) atoms. The zero-order chi connectivity index (χ0) is 9.14. The molecule has 1 saturated heterocycles. The monoisotopic (exact) mass is 170 g/mol. The average Bonchev–Trinajstić information content (AvgIpc) is 1.94. The van der Waals surface area contributed by atoms with Crippen molar-refractivity contribution in [1.82, 2.24) is 9.80 Å². The van der Waals surface area contributed by atoms with Gasteiger partial charge in [-0.3, -0.25) is 10.3 Å². The summed E-state index contributed by atoms with van der Waals surface area (Å²) in [5.41, 5.74) is 5.33. The molecule has 0 saturated carbocycles. The molecule has 0 aliphatic carbocycles. The van der Waals surface area contributed by atoms with Crippen LogP contribution in [0.5, 0.6) is 0 Å². The normalized spacial score (nSPS) is 18.1. The maximum Gasteiger partial charge on any atom is 0.188 e. The van der Waals surface area contributed by atoms with Gasteiger partial charge in [0, 0.05) is 19.1 Å². The number of likely N-dealkylation sites (N-methyl/N-ethyl adjacent to an activating group) is 1. The molecule has 0 aromatic carbocycles. The zero-order valence-corrected chi connectivity index (χ0v) is 7.88. The lowest BCUT2D eigenvalue weighted by molar-refractivity contribution is 0.0877. The zero-order valence-electron chi connectivity index (χ0n) is 7.88. The second-order valence-electron chi connectivity index (χ2n) is 3.17. The van der Waals surface area contributed by atoms with Crippen LogP contribution in [0.2, 0.25) is 0 Å². The highest BCUT2D eigenvalue weighted by atomic mass is 15.4. The summed E-state index contributed by atoms with van der Waals surface area (Å²) in [7, 11) is 0. The number of likely N-dealkylation sites (tertiary alicyclic amines) is 1. The van der Waals surface area contributed by atoms with Crippen LogP contribution in [0.25, 0.3) is 0 Å². The van der Waals surface area contributed by atoms with E-state index in [0.29, 0.717) is 6.04 Å². The molecule has 70 valence electrons. The van der Waals surface area contributed by atoms with Crippen molar-refractivity contribution < 1.29 is 0 Å². The van der Waals surface area contributed by atoms with Crippen molar-refractivity contribution in [3.8, 4) is 0 Å². The highest BCUT2D eigenvalue weighted by Crippen LogP contribution is 2.13. The van der Waals surface area contributed by atoms with Crippen molar-refractivity contribution in [3.63, 3.8) is 0 Å². The van der Waals surface area contributed by atoms with Crippen molar-refractivity contribution in [2.75, 3.05) is 26.2 Å². The first kappa shape index (κ1) is 9.32. The summed E-state index contributed by atoms with van der Waals surface area (Å²) < 4.78 is 0. The van der Waals surface area contributed by atoms with Crippen LogP contribution in [0, 0.1) is 5.41 Å². The Labute approximate surface area is 73.8 Å². The molecule has 0 atom stereocenters. The lowest BCUT2D eigenvalue weighted by Gasteiger charge is -2.45. The third-order valence-corrected chi connectivity index (χ3v) is 2.53. The summed E-state index contributed by atoms with van der Waals surface area (Å²) in [6.07, 6.45) is 0. The van der Waals surface area contributed by atoms with Crippen LogP contribution in [0.3, 0.4) is 0 Å². The van der Waals surface area contributed by atoms with Crippen LogP contribution in [0.4, 0.5) is 0 Å². The fourth-order valence-electron chi connectivity index (χ4n) is 1.62. The maximum absolute atomic E-state index is 7.18. The summed E-state index contributed by atoms with van der Waals surface area (Å²) in [5, 5.41) is 7.18. The van der Waals surface area contributed by atoms with Crippen LogP contribution >= 0.6 is 0 Å². The van der Waals surface area contributed by atoms with Gasteiger partial charge in [0.1, 0.15) is 0 Å². The highest BCUT2D eigenvalue weighted by molar-refractivity contribution is 5.75. The van der Waals surface area contributed by atoms with Gasteiger partial charge in [0.15, 0.2) is 5.96 Å². The first-order chi connectivity index (χ1) is 5.69. The first-order valence-electron chi connectivity index (χ1n) is 4.52. The molecule has 0 spiro atoms. The molecule has 1 rings (SSSR count). The van der Waals surface area contributed by atoms with Gasteiger partial charge in [-0.25, -0.2) is 0 Å². The van der Waals surface area contributed by atoms with Gasteiger partial charge >= 0.3 is 0 Å². The fraction of sp³-hybridized carbons (Fsp3) is 0.875. The molecule has 3 N–H and O–H groups in total. The van der Waals surface area contributed by atoms with E-state index in [2.05, 4.69) is 18.7 Å². The van der Waals surface area contributed by atoms with E-state index < -0.39 is 0 Å². The van der Waals surface area contributed by atoms with Gasteiger partial charge in [-0.2, -0.15) is 0 Å². The van der Waals surface area contributed by atoms with E-state index in [1.165, 1.54) is 0 Å². The lowest BCUT2D eigenvalue weighted by atomic mass is 10.1. The smallest absolute Gasteiger partial charge is 0.188 e. The Hall–Kier alpha value is -0.770. The van der Waals surface area contributed by atoms with Gasteiger partial charge < -0.3 is 10.6 Å². The van der Waals surface area contributed by atoms with E-state index in [0.717, 1.165) is 26.2 Å². The molecule has 0 radical (unpaired) electrons. The van der Waals surface area contributed by atoms with Crippen molar-refractivity contribution in [2.45, 2.75) is 19.9 Å². The van der Waals surface area contributed by atoms with E-state index in [9.17, 15) is 0 Å². The summed E-state index contributed by atoms with van der Waals surface area (Å²) in [4.78, 5) is 4.29. The van der Waals surface area contributed by atoms with Gasteiger partial charge in [-0.05, 0) is 13.1 Å². The van der Waals surface area contributed by atoms with Gasteiger partial charge in [-0.15, -0.1) is 0 Å². The van der Waals surface area contributed by atoms with Crippen LogP contribution in [0.15, 0.2) is 0 Å². The number of nitrogens with zero attached hydrogens (tertiary/aromatic N) is 2. The lowest BCUT2D eigenvalue weighted by Crippen LogP contribution is -2.62. The third kappa shape index (κ3) is 1.69. The molecule has 1 aliphatic rings. The molecule has 0 unspecified atom stereocenters. The SMILES string of the molecule is CCN(CC)C1CN(C(=N)N)C1. The molecule has 0 aromatic heterocycles. The predicted octanol–water partition coefficient (Wildman–Crippen LogP) is -0.0941. The topological polar surface area (TPSA) is 56.4 Å². The molecule has 0 bridgehead atoms. The van der Waals surface area contributed by atoms with E-state index >= 15 is 0 Å². The van der Waals surface area contributed by atoms with E-state index in [-0.39, 0.29) is 5.96 Å². The van der Waals surface area contributed by atoms with Gasteiger partial charge in [-0.1, -0.05) is 13.8 Å². The van der Waals surface area contributed by atoms with Gasteiger partial charge in [0.2, 0.25) is 0 Å². The Morgan fingerprint density at radius 3 is 2.33 bits per heavy atom. The van der Waals surface area contributed by atoms with E-state index in [1.54, 1.807) is 0 Å². The third-order valence-electron chi connectivity index (χ3n) is 2.53. The van der Waals surface area contributed by atoms with Gasteiger partial charge in [0.25, 0.3) is 0 Å². The molecule has 1 aliphatic heterocycles. The summed E-state index contributed by atoms with van der Waals surface area (Å²) in [5.74, 6) is 0.207. The van der Waals surface area contributed by atoms with E-state index in [1.807, 2.05) is 4.90 Å². The summed E-state index contributed by atoms with van der Waals surface area (Å²) >= 11 is 0. The number of hydrogen-bond donors (Lipinski definition) is 2. The molecule has 1 fully saturated rings. The number of rotatable bonds is 3. The Bertz CT molecular complexity index is 158. The quantitative estimate of drug-likeness (QED) is 0.459. The average molecular weight is 170 g/mol. The summed E-state index contributed by atoms with van der Waals surface area (Å²) in [6.45, 7) is 8.37. The number of nitrogens with one attached hydrogen (secondary N) is 1. The largest absolute Gasteiger partial charge is 0.370 e. The Kier molecular flexibility index (Phi) is 2.92. The van der Waals surface area contributed by atoms with Crippen molar-refractivity contribution in [1.29, 1.82) is 5.41 Å². The minimum absolute atomic E-state index is 0.207. The first-order valence-corrected chi connectivity index (χ1v) is 4.52. The molecule has 1 heterocycles. The molecule has 4 heteroatoms. The van der Waals surface area contributed by atoms with E-state index in [4.69, 9.17) is 11.1 Å². The van der Waals surface area contributed by atoms with Crippen molar-refractivity contribution in [3.05, 3.63) is 0 Å². The predicted molar refractivity (Wildman–Crippen MR) is 50.2 cm³/mol. The minimum atomic E-state index is 0.207. The molecule has 0 amide bonds. The second kappa shape index (κ2) is 3.76. The summed E-state index contributed by atoms with van der Waals surface area (Å²) in [6, 6.07) is 0.615. The number of hydrogen-bond acceptors (Lipinski definition) is 2. The van der Waals surface area contributed by atoms with Gasteiger partial charge in [0.05, 0.1) is 0 Å². The van der Waals surface area contributed by atoms with Crippen LogP contribution < -0.4 is 5.73 Å². The Morgan fingerprint density at radius 1 is 1.50 bits per heavy atom. The van der Waals surface area contributed by atoms with Crippen LogP contribution in [0.1, 0.15) is 13.8 Å². The van der Waals surface area contributed by atoms with Crippen molar-refractivity contribution >= 4 is 5.96 Å². The number of nitrogens with two attached hydrogens (primary N) is 1. The maximum atomic E-state index is 7.18. The highest BCUT2D eigenvalue weighted by Gasteiger charge is 2.30. The fourth-order valence-corrected chi connectivity index (χ4v) is 1.62. The standard InChI is InChI=1S/C8H18N4/c1-3-11(4-2)7-5-12(6-7)8(9)10/h7H,3-6H2,1-2H3,(H3,9,10). The second-order valence-corrected chi connectivity index (χ2v) is 3.17. The van der Waals surface area contributed by atoms with Crippen LogP contribution in [-0.4, -0.2) is 48.0 Å². The molecule has 4 nitrogen and oxygen atoms in total. The Balaban J connectivity index is 2.28. The molecule has 0 aromatic rings. The Morgan fingerprint density at radius 2 is 2.00 bits per heavy atom. The minimum Gasteiger partial charge on any atom is -0.370 e. The van der Waals surface area contributed by atoms with Crippen molar-refractivity contribution in [2.24, 2.45) is 5.73 Å². The molecular formula is C8H18N4. The van der Waals surface area contributed by atoms with Crippen LogP contribution in [-0.2, 0) is 0 Å².